The van der Waals surface area contributed by atoms with Crippen molar-refractivity contribution in [3.05, 3.63) is 287 Å². The van der Waals surface area contributed by atoms with Crippen molar-refractivity contribution in [1.82, 2.24) is 45.6 Å². The second-order valence-electron chi connectivity index (χ2n) is 24.3. The fraction of sp³-hybridized carbons (Fsp3) is 0.308. The number of ether oxygens (including phenoxy) is 1. The molecule has 16 nitrogen and oxygen atoms in total. The monoisotopic (exact) mass is 1260 g/mol. The third-order valence-corrected chi connectivity index (χ3v) is 17.4. The van der Waals surface area contributed by atoms with E-state index in [4.69, 9.17) is 4.74 Å². The highest BCUT2D eigenvalue weighted by molar-refractivity contribution is 6.00. The van der Waals surface area contributed by atoms with Crippen LogP contribution in [-0.4, -0.2) is 125 Å². The molecule has 0 radical (unpaired) electrons. The maximum atomic E-state index is 13.5. The summed E-state index contributed by atoms with van der Waals surface area (Å²) in [6.45, 7) is 10.6. The highest BCUT2D eigenvalue weighted by Crippen LogP contribution is 2.26. The lowest BCUT2D eigenvalue weighted by atomic mass is 9.98. The summed E-state index contributed by atoms with van der Waals surface area (Å²) in [6, 6.07) is 73.9. The minimum Gasteiger partial charge on any atom is -0.383 e. The van der Waals surface area contributed by atoms with Crippen molar-refractivity contribution in [2.24, 2.45) is 0 Å². The molecular weight excluding hydrogens is 1170 g/mol. The second-order valence-corrected chi connectivity index (χ2v) is 24.3. The second kappa shape index (κ2) is 36.6. The van der Waals surface area contributed by atoms with Gasteiger partial charge in [-0.25, -0.2) is 15.0 Å². The summed E-state index contributed by atoms with van der Waals surface area (Å²) >= 11 is 0. The van der Waals surface area contributed by atoms with E-state index < -0.39 is 0 Å². The number of pyridine rings is 3. The van der Waals surface area contributed by atoms with Gasteiger partial charge in [0, 0.05) is 116 Å². The fourth-order valence-electron chi connectivity index (χ4n) is 12.2. The van der Waals surface area contributed by atoms with Crippen LogP contribution in [0.1, 0.15) is 109 Å². The molecule has 16 heteroatoms. The maximum absolute atomic E-state index is 13.5. The number of carbonyl (C=O) groups is 3. The number of piperidine rings is 3. The molecule has 3 aliphatic heterocycles. The molecule has 0 bridgehead atoms. The van der Waals surface area contributed by atoms with Crippen molar-refractivity contribution in [3.63, 3.8) is 0 Å². The Morgan fingerprint density at radius 1 is 0.404 bits per heavy atom. The number of hydrogen-bond acceptors (Lipinski definition) is 13. The van der Waals surface area contributed by atoms with Crippen molar-refractivity contribution in [2.45, 2.75) is 95.3 Å². The Hall–Kier alpha value is -9.58. The number of rotatable bonds is 24. The molecule has 486 valence electrons. The van der Waals surface area contributed by atoms with Gasteiger partial charge in [0.25, 0.3) is 17.7 Å². The molecule has 12 rings (SSSR count). The van der Waals surface area contributed by atoms with Crippen LogP contribution in [0.3, 0.4) is 0 Å². The Labute approximate surface area is 555 Å². The lowest BCUT2D eigenvalue weighted by molar-refractivity contribution is 0.0929. The lowest BCUT2D eigenvalue weighted by Crippen LogP contribution is -2.39. The summed E-state index contributed by atoms with van der Waals surface area (Å²) in [4.78, 5) is 59.5. The molecule has 1 unspecified atom stereocenters. The van der Waals surface area contributed by atoms with Crippen LogP contribution in [0.5, 0.6) is 0 Å². The van der Waals surface area contributed by atoms with Crippen LogP contribution < -0.4 is 31.9 Å². The highest BCUT2D eigenvalue weighted by atomic mass is 16.5. The van der Waals surface area contributed by atoms with Gasteiger partial charge in [0.15, 0.2) is 0 Å². The summed E-state index contributed by atoms with van der Waals surface area (Å²) in [7, 11) is 1.62. The molecule has 6 heterocycles. The summed E-state index contributed by atoms with van der Waals surface area (Å²) in [5, 5.41) is 19.7. The van der Waals surface area contributed by atoms with Gasteiger partial charge >= 0.3 is 0 Å². The number of methoxy groups -OCH3 is 1. The standard InChI is InChI=1S/C32H34N4O.C25H28N4O.C21H28N4O2/c37-32(35-30(27-15-8-3-9-16-27)23-25-11-4-1-5-12-25)29-17-10-20-33-31(29)34-28-18-21-36(22-19-28)24-26-13-6-2-7-14-26;30-25(27-18-20-8-3-1-4-9-20)23-12-7-15-26-24(23)28-22-13-16-29(17-14-22)19-21-10-5-2-6-11-21;1-27-15-12-23-21(26)19-8-5-11-22-20(19)24-18-9-13-25(14-10-18)16-17-6-3-2-4-7-17/h1-17,20,28,30H,18-19,21-24H2,(H,33,34)(H,35,37);1-12,15,22H,13-14,16-19H2,(H,26,28)(H,27,30);2-8,11,18H,9-10,12-16H2,1H3,(H,22,24)(H,23,26). The summed E-state index contributed by atoms with van der Waals surface area (Å²) < 4.78 is 4.98. The van der Waals surface area contributed by atoms with Gasteiger partial charge in [0.2, 0.25) is 0 Å². The maximum Gasteiger partial charge on any atom is 0.255 e. The first-order valence-electron chi connectivity index (χ1n) is 33.2. The molecular formula is C78H90N12O4. The van der Waals surface area contributed by atoms with Crippen molar-refractivity contribution in [2.75, 3.05) is 75.5 Å². The van der Waals surface area contributed by atoms with E-state index in [-0.39, 0.29) is 23.8 Å². The fourth-order valence-corrected chi connectivity index (χ4v) is 12.2. The average Bonchev–Trinajstić information content (AvgIpc) is 1.89. The Bertz CT molecular complexity index is 3670. The number of benzene rings is 6. The molecule has 3 fully saturated rings. The Kier molecular flexibility index (Phi) is 26.2. The van der Waals surface area contributed by atoms with Crippen LogP contribution >= 0.6 is 0 Å². The van der Waals surface area contributed by atoms with Crippen molar-refractivity contribution in [3.8, 4) is 0 Å². The molecule has 3 aromatic heterocycles. The third-order valence-electron chi connectivity index (χ3n) is 17.4. The van der Waals surface area contributed by atoms with Crippen LogP contribution in [-0.2, 0) is 37.3 Å². The quantitative estimate of drug-likeness (QED) is 0.0315. The van der Waals surface area contributed by atoms with Crippen LogP contribution in [0.25, 0.3) is 0 Å². The molecule has 0 saturated carbocycles. The SMILES string of the molecule is COCCNC(=O)c1cccnc1NC1CCN(Cc2ccccc2)CC1.O=C(NC(Cc1ccccc1)c1ccccc1)c1cccnc1NC1CCN(Cc2ccccc2)CC1.O=C(NCc1ccccc1)c1cccnc1NC1CCN(Cc2ccccc2)CC1. The smallest absolute Gasteiger partial charge is 0.255 e. The van der Waals surface area contributed by atoms with Crippen molar-refractivity contribution < 1.29 is 19.1 Å². The minimum atomic E-state index is -0.134. The van der Waals surface area contributed by atoms with Gasteiger partial charge in [-0.3, -0.25) is 29.1 Å². The molecule has 6 aromatic carbocycles. The van der Waals surface area contributed by atoms with E-state index in [9.17, 15) is 14.4 Å². The lowest BCUT2D eigenvalue weighted by Gasteiger charge is -2.33. The van der Waals surface area contributed by atoms with E-state index >= 15 is 0 Å². The van der Waals surface area contributed by atoms with Gasteiger partial charge in [-0.2, -0.15) is 0 Å². The van der Waals surface area contributed by atoms with E-state index in [1.165, 1.54) is 22.3 Å². The molecule has 0 spiro atoms. The number of anilines is 3. The molecule has 6 N–H and O–H groups in total. The molecule has 3 aliphatic rings. The molecule has 3 saturated heterocycles. The van der Waals surface area contributed by atoms with Crippen LogP contribution in [0.15, 0.2) is 237 Å². The average molecular weight is 1260 g/mol. The van der Waals surface area contributed by atoms with E-state index in [1.807, 2.05) is 97.1 Å². The van der Waals surface area contributed by atoms with Gasteiger partial charge in [-0.15, -0.1) is 0 Å². The van der Waals surface area contributed by atoms with Gasteiger partial charge < -0.3 is 36.6 Å². The topological polar surface area (TPSA) is 181 Å². The van der Waals surface area contributed by atoms with Crippen LogP contribution in [0, 0.1) is 0 Å². The van der Waals surface area contributed by atoms with E-state index in [0.717, 1.165) is 115 Å². The summed E-state index contributed by atoms with van der Waals surface area (Å²) in [5.41, 5.74) is 9.17. The van der Waals surface area contributed by atoms with E-state index in [2.05, 4.69) is 177 Å². The summed E-state index contributed by atoms with van der Waals surface area (Å²) in [6.07, 6.45) is 12.1. The Morgan fingerprint density at radius 2 is 0.734 bits per heavy atom. The first-order chi connectivity index (χ1) is 46.3. The number of amides is 3. The zero-order valence-corrected chi connectivity index (χ0v) is 54.1. The number of aromatic nitrogens is 3. The van der Waals surface area contributed by atoms with Crippen molar-refractivity contribution >= 4 is 35.2 Å². The van der Waals surface area contributed by atoms with Crippen LogP contribution in [0.2, 0.25) is 0 Å². The predicted molar refractivity (Wildman–Crippen MR) is 376 cm³/mol. The number of nitrogens with one attached hydrogen (secondary N) is 6. The first-order valence-corrected chi connectivity index (χ1v) is 33.2. The largest absolute Gasteiger partial charge is 0.383 e. The van der Waals surface area contributed by atoms with Crippen LogP contribution in [0.4, 0.5) is 17.5 Å². The molecule has 9 aromatic rings. The third kappa shape index (κ3) is 21.5. The van der Waals surface area contributed by atoms with Gasteiger partial charge in [0.05, 0.1) is 29.3 Å². The Balaban J connectivity index is 0.000000156. The van der Waals surface area contributed by atoms with Gasteiger partial charge in [0.1, 0.15) is 17.5 Å². The molecule has 1 atom stereocenters. The normalized spacial score (nSPS) is 15.2. The van der Waals surface area contributed by atoms with Gasteiger partial charge in [-0.05, 0) is 115 Å². The molecule has 3 amide bonds. The zero-order valence-electron chi connectivity index (χ0n) is 54.1. The van der Waals surface area contributed by atoms with E-state index in [1.54, 1.807) is 31.8 Å². The van der Waals surface area contributed by atoms with Gasteiger partial charge in [-0.1, -0.05) is 182 Å². The predicted octanol–water partition coefficient (Wildman–Crippen LogP) is 12.5. The number of carbonyl (C=O) groups excluding carboxylic acids is 3. The number of likely N-dealkylation sites (tertiary alicyclic amines) is 3. The highest BCUT2D eigenvalue weighted by Gasteiger charge is 2.26. The first kappa shape index (κ1) is 67.3. The zero-order chi connectivity index (χ0) is 64.8. The Morgan fingerprint density at radius 3 is 1.11 bits per heavy atom. The number of hydrogen-bond donors (Lipinski definition) is 6. The van der Waals surface area contributed by atoms with E-state index in [0.29, 0.717) is 72.0 Å². The molecule has 94 heavy (non-hydrogen) atoms. The number of nitrogens with zero attached hydrogens (tertiary/aromatic N) is 6. The molecule has 0 aliphatic carbocycles. The van der Waals surface area contributed by atoms with Crippen molar-refractivity contribution in [1.29, 1.82) is 0 Å². The minimum absolute atomic E-state index is 0.101. The summed E-state index contributed by atoms with van der Waals surface area (Å²) in [5.74, 6) is 1.66.